The van der Waals surface area contributed by atoms with Gasteiger partial charge in [0.25, 0.3) is 0 Å². The lowest BCUT2D eigenvalue weighted by molar-refractivity contribution is -0.143. The van der Waals surface area contributed by atoms with Crippen molar-refractivity contribution in [3.05, 3.63) is 87.5 Å². The van der Waals surface area contributed by atoms with Crippen LogP contribution in [0.3, 0.4) is 0 Å². The van der Waals surface area contributed by atoms with E-state index in [-0.39, 0.29) is 12.7 Å². The summed E-state index contributed by atoms with van der Waals surface area (Å²) >= 11 is 1.51. The van der Waals surface area contributed by atoms with Crippen molar-refractivity contribution in [2.75, 3.05) is 13.7 Å². The van der Waals surface area contributed by atoms with Gasteiger partial charge in [-0.1, -0.05) is 24.3 Å². The molecule has 0 aliphatic heterocycles. The fraction of sp³-hybridized carbons (Fsp3) is 0.222. The number of nitriles is 1. The maximum absolute atomic E-state index is 11.0. The van der Waals surface area contributed by atoms with Crippen LogP contribution in [0.5, 0.6) is 5.75 Å². The molecule has 35 heavy (non-hydrogen) atoms. The standard InChI is InChI=1S/C27H24N2O5S/c1-17-11-25(33-14-26-29-23(16-35-26)20-5-3-18(13-28)4-6-20)22(12-24(17)34-15-27(30)31)19-7-9-21(32-2)10-8-19/h3-11,16,24H,12,14-15H2,1-2H3,(H,30,31). The Balaban J connectivity index is 1.55. The first-order valence-corrected chi connectivity index (χ1v) is 11.8. The molecule has 1 heterocycles. The topological polar surface area (TPSA) is 102 Å². The number of methoxy groups -OCH3 is 1. The van der Waals surface area contributed by atoms with Crippen molar-refractivity contribution in [2.45, 2.75) is 26.1 Å². The van der Waals surface area contributed by atoms with Gasteiger partial charge < -0.3 is 19.3 Å². The van der Waals surface area contributed by atoms with E-state index in [9.17, 15) is 4.79 Å². The quantitative estimate of drug-likeness (QED) is 0.428. The van der Waals surface area contributed by atoms with Gasteiger partial charge in [-0.25, -0.2) is 9.78 Å². The van der Waals surface area contributed by atoms with E-state index in [1.165, 1.54) is 11.3 Å². The van der Waals surface area contributed by atoms with Gasteiger partial charge >= 0.3 is 5.97 Å². The summed E-state index contributed by atoms with van der Waals surface area (Å²) in [6, 6.07) is 17.1. The first kappa shape index (κ1) is 24.2. The van der Waals surface area contributed by atoms with Crippen LogP contribution in [0.1, 0.15) is 29.5 Å². The Labute approximate surface area is 207 Å². The van der Waals surface area contributed by atoms with Crippen molar-refractivity contribution in [3.8, 4) is 23.1 Å². The van der Waals surface area contributed by atoms with Crippen LogP contribution in [0.4, 0.5) is 0 Å². The zero-order valence-electron chi connectivity index (χ0n) is 19.4. The Morgan fingerprint density at radius 2 is 1.89 bits per heavy atom. The molecule has 1 unspecified atom stereocenters. The number of carbonyl (C=O) groups is 1. The normalized spacial score (nSPS) is 15.3. The smallest absolute Gasteiger partial charge is 0.329 e. The SMILES string of the molecule is COc1ccc(C2=C(OCc3nc(-c4ccc(C#N)cc4)cs3)C=C(C)C(OCC(=O)O)C2)cc1. The van der Waals surface area contributed by atoms with Gasteiger partial charge in [-0.05, 0) is 48.4 Å². The van der Waals surface area contributed by atoms with Crippen molar-refractivity contribution < 1.29 is 24.1 Å². The second-order valence-electron chi connectivity index (χ2n) is 7.96. The molecule has 178 valence electrons. The Hall–Kier alpha value is -3.93. The molecule has 1 N–H and O–H groups in total. The molecule has 3 aromatic rings. The van der Waals surface area contributed by atoms with Gasteiger partial charge in [-0.2, -0.15) is 5.26 Å². The minimum absolute atomic E-state index is 0.292. The zero-order valence-corrected chi connectivity index (χ0v) is 20.2. The highest BCUT2D eigenvalue weighted by Gasteiger charge is 2.25. The molecule has 1 atom stereocenters. The van der Waals surface area contributed by atoms with Gasteiger partial charge in [-0.15, -0.1) is 11.3 Å². The van der Waals surface area contributed by atoms with Crippen LogP contribution in [0, 0.1) is 11.3 Å². The molecule has 0 saturated heterocycles. The van der Waals surface area contributed by atoms with E-state index in [0.29, 0.717) is 24.4 Å². The molecule has 2 aromatic carbocycles. The van der Waals surface area contributed by atoms with E-state index < -0.39 is 5.97 Å². The average Bonchev–Trinajstić information content (AvgIpc) is 3.36. The molecule has 7 nitrogen and oxygen atoms in total. The number of carboxylic acid groups (broad SMARTS) is 1. The molecule has 0 amide bonds. The molecule has 1 aliphatic carbocycles. The largest absolute Gasteiger partial charge is 0.497 e. The van der Waals surface area contributed by atoms with Gasteiger partial charge in [0.2, 0.25) is 0 Å². The number of hydrogen-bond acceptors (Lipinski definition) is 7. The lowest BCUT2D eigenvalue weighted by atomic mass is 9.90. The third kappa shape index (κ3) is 5.96. The van der Waals surface area contributed by atoms with Crippen molar-refractivity contribution in [3.63, 3.8) is 0 Å². The van der Waals surface area contributed by atoms with Crippen LogP contribution >= 0.6 is 11.3 Å². The monoisotopic (exact) mass is 488 g/mol. The number of ether oxygens (including phenoxy) is 3. The van der Waals surface area contributed by atoms with Crippen LogP contribution in [-0.2, 0) is 20.9 Å². The van der Waals surface area contributed by atoms with Gasteiger partial charge in [0.15, 0.2) is 0 Å². The number of rotatable bonds is 9. The highest BCUT2D eigenvalue weighted by molar-refractivity contribution is 7.09. The molecule has 0 radical (unpaired) electrons. The lowest BCUT2D eigenvalue weighted by Gasteiger charge is -2.26. The minimum Gasteiger partial charge on any atom is -0.497 e. The van der Waals surface area contributed by atoms with E-state index in [1.54, 1.807) is 19.2 Å². The maximum atomic E-state index is 11.0. The van der Waals surface area contributed by atoms with Crippen LogP contribution in [0.25, 0.3) is 16.8 Å². The Kier molecular flexibility index (Phi) is 7.60. The fourth-order valence-electron chi connectivity index (χ4n) is 3.74. The summed E-state index contributed by atoms with van der Waals surface area (Å²) in [7, 11) is 1.62. The molecular formula is C27H24N2O5S. The summed E-state index contributed by atoms with van der Waals surface area (Å²) in [4.78, 5) is 15.7. The number of thiazole rings is 1. The van der Waals surface area contributed by atoms with Crippen LogP contribution in [0.2, 0.25) is 0 Å². The summed E-state index contributed by atoms with van der Waals surface area (Å²) in [6.07, 6.45) is 2.05. The van der Waals surface area contributed by atoms with E-state index >= 15 is 0 Å². The summed E-state index contributed by atoms with van der Waals surface area (Å²) in [5.74, 6) is 0.450. The second-order valence-corrected chi connectivity index (χ2v) is 8.90. The first-order chi connectivity index (χ1) is 17.0. The molecule has 0 bridgehead atoms. The molecule has 0 spiro atoms. The summed E-state index contributed by atoms with van der Waals surface area (Å²) < 4.78 is 17.1. The average molecular weight is 489 g/mol. The third-order valence-corrected chi connectivity index (χ3v) is 6.44. The number of aromatic nitrogens is 1. The summed E-state index contributed by atoms with van der Waals surface area (Å²) in [6.45, 7) is 1.84. The Morgan fingerprint density at radius 3 is 2.54 bits per heavy atom. The van der Waals surface area contributed by atoms with Crippen molar-refractivity contribution in [1.29, 1.82) is 5.26 Å². The predicted octanol–water partition coefficient (Wildman–Crippen LogP) is 5.44. The maximum Gasteiger partial charge on any atom is 0.329 e. The van der Waals surface area contributed by atoms with Crippen molar-refractivity contribution >= 4 is 22.9 Å². The second kappa shape index (κ2) is 11.0. The van der Waals surface area contributed by atoms with E-state index in [1.807, 2.05) is 54.8 Å². The van der Waals surface area contributed by atoms with Gasteiger partial charge in [0.1, 0.15) is 29.7 Å². The Bertz CT molecular complexity index is 1300. The van der Waals surface area contributed by atoms with E-state index in [2.05, 4.69) is 11.1 Å². The van der Waals surface area contributed by atoms with Crippen molar-refractivity contribution in [1.82, 2.24) is 4.98 Å². The fourth-order valence-corrected chi connectivity index (χ4v) is 4.46. The minimum atomic E-state index is -1.00. The Morgan fingerprint density at radius 1 is 1.17 bits per heavy atom. The van der Waals surface area contributed by atoms with Gasteiger partial charge in [0, 0.05) is 22.9 Å². The zero-order chi connectivity index (χ0) is 24.8. The molecule has 8 heteroatoms. The van der Waals surface area contributed by atoms with Gasteiger partial charge in [0.05, 0.1) is 30.5 Å². The highest BCUT2D eigenvalue weighted by atomic mass is 32.1. The third-order valence-electron chi connectivity index (χ3n) is 5.61. The molecule has 0 saturated carbocycles. The summed E-state index contributed by atoms with van der Waals surface area (Å²) in [5.41, 5.74) is 5.16. The van der Waals surface area contributed by atoms with Crippen LogP contribution < -0.4 is 4.74 Å². The van der Waals surface area contributed by atoms with E-state index in [0.717, 1.165) is 38.7 Å². The number of carboxylic acids is 1. The first-order valence-electron chi connectivity index (χ1n) is 10.9. The predicted molar refractivity (Wildman–Crippen MR) is 133 cm³/mol. The highest BCUT2D eigenvalue weighted by Crippen LogP contribution is 2.35. The molecule has 0 fully saturated rings. The number of aliphatic carboxylic acids is 1. The van der Waals surface area contributed by atoms with Gasteiger partial charge in [-0.3, -0.25) is 0 Å². The number of nitrogens with zero attached hydrogens (tertiary/aromatic N) is 2. The summed E-state index contributed by atoms with van der Waals surface area (Å²) in [5, 5.41) is 20.8. The molecule has 1 aliphatic rings. The van der Waals surface area contributed by atoms with E-state index in [4.69, 9.17) is 24.6 Å². The molecule has 1 aromatic heterocycles. The molecule has 4 rings (SSSR count). The van der Waals surface area contributed by atoms with Crippen LogP contribution in [0.15, 0.2) is 71.3 Å². The number of hydrogen-bond donors (Lipinski definition) is 1. The number of benzene rings is 2. The number of allylic oxidation sites excluding steroid dienone is 1. The molecular weight excluding hydrogens is 464 g/mol. The van der Waals surface area contributed by atoms with Crippen LogP contribution in [-0.4, -0.2) is 35.9 Å². The lowest BCUT2D eigenvalue weighted by Crippen LogP contribution is -2.23. The van der Waals surface area contributed by atoms with Crippen molar-refractivity contribution in [2.24, 2.45) is 0 Å².